The van der Waals surface area contributed by atoms with Crippen molar-refractivity contribution >= 4 is 11.8 Å². The summed E-state index contributed by atoms with van der Waals surface area (Å²) in [5, 5.41) is 7.48. The Morgan fingerprint density at radius 1 is 1.53 bits per heavy atom. The van der Waals surface area contributed by atoms with Crippen LogP contribution in [0.15, 0.2) is 17.3 Å². The number of nitrogens with zero attached hydrogens (tertiary/aromatic N) is 2. The largest absolute Gasteiger partial charge is 0.385 e. The molecule has 0 radical (unpaired) electrons. The number of methoxy groups -OCH3 is 1. The number of aryl methyl sites for hydroxylation is 1. The van der Waals surface area contributed by atoms with E-state index >= 15 is 0 Å². The summed E-state index contributed by atoms with van der Waals surface area (Å²) in [6, 6.07) is 0. The van der Waals surface area contributed by atoms with Crippen LogP contribution in [-0.2, 0) is 11.8 Å². The van der Waals surface area contributed by atoms with Gasteiger partial charge < -0.3 is 10.1 Å². The summed E-state index contributed by atoms with van der Waals surface area (Å²) >= 11 is 1.83. The molecule has 0 bridgehead atoms. The van der Waals surface area contributed by atoms with Crippen molar-refractivity contribution in [2.24, 2.45) is 7.05 Å². The van der Waals surface area contributed by atoms with Gasteiger partial charge in [-0.2, -0.15) is 5.10 Å². The van der Waals surface area contributed by atoms with Gasteiger partial charge >= 0.3 is 0 Å². The van der Waals surface area contributed by atoms with E-state index in [9.17, 15) is 0 Å². The third-order valence-corrected chi connectivity index (χ3v) is 2.88. The van der Waals surface area contributed by atoms with Crippen LogP contribution in [0.2, 0.25) is 0 Å². The van der Waals surface area contributed by atoms with Crippen LogP contribution in [0.1, 0.15) is 6.42 Å². The normalized spacial score (nSPS) is 10.8. The van der Waals surface area contributed by atoms with Crippen LogP contribution in [-0.4, -0.2) is 42.3 Å². The number of hydrogen-bond acceptors (Lipinski definition) is 4. The minimum absolute atomic E-state index is 0.836. The predicted octanol–water partition coefficient (Wildman–Crippen LogP) is 1.14. The van der Waals surface area contributed by atoms with Gasteiger partial charge in [0.05, 0.1) is 6.20 Å². The van der Waals surface area contributed by atoms with Gasteiger partial charge in [0.1, 0.15) is 0 Å². The number of rotatable bonds is 8. The summed E-state index contributed by atoms with van der Waals surface area (Å²) in [4.78, 5) is 1.23. The molecule has 4 nitrogen and oxygen atoms in total. The average Bonchev–Trinajstić information content (AvgIpc) is 2.63. The van der Waals surface area contributed by atoms with Crippen molar-refractivity contribution < 1.29 is 4.74 Å². The van der Waals surface area contributed by atoms with E-state index in [0.29, 0.717) is 0 Å². The Morgan fingerprint density at radius 2 is 2.40 bits per heavy atom. The molecule has 0 amide bonds. The molecule has 0 unspecified atom stereocenters. The van der Waals surface area contributed by atoms with Crippen molar-refractivity contribution in [3.05, 3.63) is 12.4 Å². The van der Waals surface area contributed by atoms with Gasteiger partial charge in [0.25, 0.3) is 0 Å². The molecular weight excluding hydrogens is 210 g/mol. The first-order valence-electron chi connectivity index (χ1n) is 5.14. The molecule has 0 aliphatic heterocycles. The van der Waals surface area contributed by atoms with Crippen LogP contribution in [0.4, 0.5) is 0 Å². The van der Waals surface area contributed by atoms with E-state index in [1.807, 2.05) is 35.9 Å². The summed E-state index contributed by atoms with van der Waals surface area (Å²) in [6.07, 6.45) is 5.01. The maximum Gasteiger partial charge on any atom is 0.0625 e. The van der Waals surface area contributed by atoms with E-state index in [-0.39, 0.29) is 0 Å². The number of aromatic nitrogens is 2. The molecule has 1 aromatic heterocycles. The molecule has 0 spiro atoms. The van der Waals surface area contributed by atoms with Gasteiger partial charge in [-0.05, 0) is 13.0 Å². The second-order valence-corrected chi connectivity index (χ2v) is 4.46. The van der Waals surface area contributed by atoms with Crippen molar-refractivity contribution in [2.45, 2.75) is 11.3 Å². The minimum atomic E-state index is 0.836. The van der Waals surface area contributed by atoms with Crippen LogP contribution in [0.25, 0.3) is 0 Å². The molecule has 0 saturated carbocycles. The summed E-state index contributed by atoms with van der Waals surface area (Å²) in [5.41, 5.74) is 0. The standard InChI is InChI=1S/C10H19N3OS/c1-13-9-10(8-12-13)15-7-5-11-4-3-6-14-2/h8-9,11H,3-7H2,1-2H3. The first-order valence-corrected chi connectivity index (χ1v) is 6.12. The quantitative estimate of drug-likeness (QED) is 0.536. The van der Waals surface area contributed by atoms with E-state index < -0.39 is 0 Å². The molecule has 0 saturated heterocycles. The molecule has 0 aliphatic carbocycles. The van der Waals surface area contributed by atoms with E-state index in [1.165, 1.54) is 4.90 Å². The molecule has 5 heteroatoms. The highest BCUT2D eigenvalue weighted by molar-refractivity contribution is 7.99. The van der Waals surface area contributed by atoms with Crippen LogP contribution in [0, 0.1) is 0 Å². The number of hydrogen-bond donors (Lipinski definition) is 1. The summed E-state index contributed by atoms with van der Waals surface area (Å²) in [5.74, 6) is 1.08. The first kappa shape index (κ1) is 12.5. The zero-order valence-electron chi connectivity index (χ0n) is 9.40. The maximum absolute atomic E-state index is 4.96. The Hall–Kier alpha value is -0.520. The van der Waals surface area contributed by atoms with Crippen molar-refractivity contribution in [1.82, 2.24) is 15.1 Å². The third kappa shape index (κ3) is 5.81. The predicted molar refractivity (Wildman–Crippen MR) is 63.3 cm³/mol. The van der Waals surface area contributed by atoms with Crippen molar-refractivity contribution in [3.63, 3.8) is 0 Å². The Morgan fingerprint density at radius 3 is 3.07 bits per heavy atom. The highest BCUT2D eigenvalue weighted by atomic mass is 32.2. The van der Waals surface area contributed by atoms with Crippen LogP contribution in [0.5, 0.6) is 0 Å². The molecule has 15 heavy (non-hydrogen) atoms. The Labute approximate surface area is 95.4 Å². The number of nitrogens with one attached hydrogen (secondary N) is 1. The van der Waals surface area contributed by atoms with Crippen molar-refractivity contribution in [2.75, 3.05) is 32.6 Å². The van der Waals surface area contributed by atoms with E-state index in [4.69, 9.17) is 4.74 Å². The van der Waals surface area contributed by atoms with E-state index in [1.54, 1.807) is 7.11 Å². The molecule has 0 aliphatic rings. The fraction of sp³-hybridized carbons (Fsp3) is 0.700. The lowest BCUT2D eigenvalue weighted by Crippen LogP contribution is -2.19. The Kier molecular flexibility index (Phi) is 6.47. The molecular formula is C10H19N3OS. The summed E-state index contributed by atoms with van der Waals surface area (Å²) < 4.78 is 6.79. The molecule has 1 aromatic rings. The van der Waals surface area contributed by atoms with Crippen molar-refractivity contribution in [3.8, 4) is 0 Å². The topological polar surface area (TPSA) is 39.1 Å². The molecule has 1 N–H and O–H groups in total. The third-order valence-electron chi connectivity index (χ3n) is 1.93. The molecule has 1 rings (SSSR count). The van der Waals surface area contributed by atoms with Gasteiger partial charge in [0.2, 0.25) is 0 Å². The van der Waals surface area contributed by atoms with E-state index in [2.05, 4.69) is 10.4 Å². The van der Waals surface area contributed by atoms with Gasteiger partial charge in [-0.1, -0.05) is 0 Å². The highest BCUT2D eigenvalue weighted by Crippen LogP contribution is 2.14. The zero-order valence-corrected chi connectivity index (χ0v) is 10.2. The minimum Gasteiger partial charge on any atom is -0.385 e. The SMILES string of the molecule is COCCCNCCSc1cnn(C)c1. The highest BCUT2D eigenvalue weighted by Gasteiger charge is 1.95. The Balaban J connectivity index is 1.93. The number of thioether (sulfide) groups is 1. The second kappa shape index (κ2) is 7.73. The molecule has 1 heterocycles. The molecule has 0 atom stereocenters. The monoisotopic (exact) mass is 229 g/mol. The fourth-order valence-corrected chi connectivity index (χ4v) is 2.01. The molecule has 86 valence electrons. The van der Waals surface area contributed by atoms with Gasteiger partial charge in [0.15, 0.2) is 0 Å². The van der Waals surface area contributed by atoms with Crippen LogP contribution >= 0.6 is 11.8 Å². The Bertz CT molecular complexity index is 265. The van der Waals surface area contributed by atoms with E-state index in [0.717, 1.165) is 31.9 Å². The lowest BCUT2D eigenvalue weighted by Gasteiger charge is -2.02. The average molecular weight is 229 g/mol. The van der Waals surface area contributed by atoms with Gasteiger partial charge in [-0.15, -0.1) is 11.8 Å². The van der Waals surface area contributed by atoms with Gasteiger partial charge in [-0.25, -0.2) is 0 Å². The van der Waals surface area contributed by atoms with Crippen molar-refractivity contribution in [1.29, 1.82) is 0 Å². The second-order valence-electron chi connectivity index (χ2n) is 3.29. The summed E-state index contributed by atoms with van der Waals surface area (Å²) in [7, 11) is 3.67. The van der Waals surface area contributed by atoms with Crippen LogP contribution in [0.3, 0.4) is 0 Å². The summed E-state index contributed by atoms with van der Waals surface area (Å²) in [6.45, 7) is 2.90. The van der Waals surface area contributed by atoms with Crippen LogP contribution < -0.4 is 5.32 Å². The molecule has 0 fully saturated rings. The zero-order chi connectivity index (χ0) is 10.9. The fourth-order valence-electron chi connectivity index (χ4n) is 1.18. The van der Waals surface area contributed by atoms with Gasteiger partial charge in [-0.3, -0.25) is 4.68 Å². The lowest BCUT2D eigenvalue weighted by molar-refractivity contribution is 0.194. The molecule has 0 aromatic carbocycles. The first-order chi connectivity index (χ1) is 7.33. The number of ether oxygens (including phenoxy) is 1. The van der Waals surface area contributed by atoms with Gasteiger partial charge in [0, 0.05) is 44.2 Å². The lowest BCUT2D eigenvalue weighted by atomic mass is 10.4. The smallest absolute Gasteiger partial charge is 0.0625 e. The maximum atomic E-state index is 4.96.